The van der Waals surface area contributed by atoms with Gasteiger partial charge in [0, 0.05) is 45.1 Å². The summed E-state index contributed by atoms with van der Waals surface area (Å²) >= 11 is 0. The molecular formula is C17H28N4O3S. The fraction of sp³-hybridized carbons (Fsp3) is 0.647. The van der Waals surface area contributed by atoms with Crippen LogP contribution in [0.1, 0.15) is 26.7 Å². The number of rotatable bonds is 7. The number of amides is 1. The molecule has 1 aliphatic heterocycles. The number of nitrogens with zero attached hydrogens (tertiary/aromatic N) is 3. The molecule has 0 bridgehead atoms. The lowest BCUT2D eigenvalue weighted by atomic mass is 10.0. The van der Waals surface area contributed by atoms with Gasteiger partial charge in [-0.05, 0) is 30.9 Å². The van der Waals surface area contributed by atoms with Gasteiger partial charge in [0.05, 0.1) is 6.54 Å². The van der Waals surface area contributed by atoms with Crippen molar-refractivity contribution in [3.63, 3.8) is 0 Å². The van der Waals surface area contributed by atoms with Crippen molar-refractivity contribution in [3.8, 4) is 0 Å². The van der Waals surface area contributed by atoms with Crippen LogP contribution in [-0.4, -0.2) is 67.8 Å². The van der Waals surface area contributed by atoms with E-state index in [1.165, 1.54) is 25.5 Å². The topological polar surface area (TPSA) is 82.6 Å². The summed E-state index contributed by atoms with van der Waals surface area (Å²) in [5, 5.41) is 2.96. The van der Waals surface area contributed by atoms with E-state index in [2.05, 4.69) is 29.0 Å². The zero-order valence-corrected chi connectivity index (χ0v) is 16.0. The molecule has 1 amide bonds. The van der Waals surface area contributed by atoms with Crippen molar-refractivity contribution in [2.24, 2.45) is 5.92 Å². The number of carbonyl (C=O) groups is 1. The van der Waals surface area contributed by atoms with Gasteiger partial charge < -0.3 is 10.2 Å². The van der Waals surface area contributed by atoms with Crippen LogP contribution < -0.4 is 5.32 Å². The summed E-state index contributed by atoms with van der Waals surface area (Å²) in [4.78, 5) is 18.5. The number of sulfonamides is 1. The Morgan fingerprint density at radius 1 is 1.40 bits per heavy atom. The van der Waals surface area contributed by atoms with E-state index in [-0.39, 0.29) is 23.4 Å². The number of hydrogen-bond acceptors (Lipinski definition) is 5. The second-order valence-electron chi connectivity index (χ2n) is 6.99. The van der Waals surface area contributed by atoms with Crippen molar-refractivity contribution in [1.29, 1.82) is 0 Å². The SMILES string of the molecule is CC(C)CN1CCC(NC(=O)CN(C)S(=O)(=O)c2cccnc2)CC1. The van der Waals surface area contributed by atoms with Crippen molar-refractivity contribution >= 4 is 15.9 Å². The second kappa shape index (κ2) is 8.73. The zero-order valence-electron chi connectivity index (χ0n) is 15.2. The van der Waals surface area contributed by atoms with Crippen molar-refractivity contribution in [3.05, 3.63) is 24.5 Å². The maximum atomic E-state index is 12.4. The summed E-state index contributed by atoms with van der Waals surface area (Å²) in [5.74, 6) is 0.370. The summed E-state index contributed by atoms with van der Waals surface area (Å²) in [6, 6.07) is 3.15. The summed E-state index contributed by atoms with van der Waals surface area (Å²) in [5.41, 5.74) is 0. The smallest absolute Gasteiger partial charge is 0.244 e. The van der Waals surface area contributed by atoms with Gasteiger partial charge >= 0.3 is 0 Å². The average Bonchev–Trinajstić information content (AvgIpc) is 2.57. The van der Waals surface area contributed by atoms with Crippen molar-refractivity contribution < 1.29 is 13.2 Å². The molecule has 8 heteroatoms. The molecule has 0 saturated carbocycles. The molecule has 1 aromatic rings. The van der Waals surface area contributed by atoms with E-state index in [4.69, 9.17) is 0 Å². The normalized spacial score (nSPS) is 17.2. The highest BCUT2D eigenvalue weighted by molar-refractivity contribution is 7.89. The first-order valence-corrected chi connectivity index (χ1v) is 10.1. The number of hydrogen-bond donors (Lipinski definition) is 1. The van der Waals surface area contributed by atoms with E-state index in [1.54, 1.807) is 6.07 Å². The lowest BCUT2D eigenvalue weighted by molar-refractivity contribution is -0.122. The van der Waals surface area contributed by atoms with Crippen molar-refractivity contribution in [2.45, 2.75) is 37.6 Å². The highest BCUT2D eigenvalue weighted by Crippen LogP contribution is 2.14. The van der Waals surface area contributed by atoms with Crippen molar-refractivity contribution in [1.82, 2.24) is 19.5 Å². The van der Waals surface area contributed by atoms with Gasteiger partial charge in [-0.3, -0.25) is 9.78 Å². The number of carbonyl (C=O) groups excluding carboxylic acids is 1. The van der Waals surface area contributed by atoms with Crippen molar-refractivity contribution in [2.75, 3.05) is 33.2 Å². The fourth-order valence-corrected chi connectivity index (χ4v) is 4.11. The van der Waals surface area contributed by atoms with E-state index in [0.29, 0.717) is 5.92 Å². The Kier molecular flexibility index (Phi) is 6.92. The zero-order chi connectivity index (χ0) is 18.4. The molecule has 0 atom stereocenters. The molecule has 0 spiro atoms. The third-order valence-corrected chi connectivity index (χ3v) is 6.07. The minimum Gasteiger partial charge on any atom is -0.352 e. The summed E-state index contributed by atoms with van der Waals surface area (Å²) in [7, 11) is -2.29. The molecule has 1 N–H and O–H groups in total. The lowest BCUT2D eigenvalue weighted by Crippen LogP contribution is -2.48. The molecule has 140 valence electrons. The molecule has 7 nitrogen and oxygen atoms in total. The standard InChI is InChI=1S/C17H28N4O3S/c1-14(2)12-21-9-6-15(7-10-21)19-17(22)13-20(3)25(23,24)16-5-4-8-18-11-16/h4-5,8,11,14-15H,6-7,9-10,12-13H2,1-3H3,(H,19,22). The van der Waals surface area contributed by atoms with Crippen LogP contribution in [0.3, 0.4) is 0 Å². The van der Waals surface area contributed by atoms with Crippen LogP contribution >= 0.6 is 0 Å². The molecule has 25 heavy (non-hydrogen) atoms. The van der Waals surface area contributed by atoms with Crippen LogP contribution in [0.2, 0.25) is 0 Å². The fourth-order valence-electron chi connectivity index (χ4n) is 3.02. The Balaban J connectivity index is 1.82. The van der Waals surface area contributed by atoms with Crippen LogP contribution in [0, 0.1) is 5.92 Å². The molecule has 1 aromatic heterocycles. The van der Waals surface area contributed by atoms with Crippen LogP contribution in [0.4, 0.5) is 0 Å². The first-order chi connectivity index (χ1) is 11.8. The Labute approximate surface area is 150 Å². The largest absolute Gasteiger partial charge is 0.352 e. The minimum absolute atomic E-state index is 0.0901. The van der Waals surface area contributed by atoms with E-state index < -0.39 is 10.0 Å². The molecule has 0 unspecified atom stereocenters. The minimum atomic E-state index is -3.70. The highest BCUT2D eigenvalue weighted by atomic mass is 32.2. The van der Waals surface area contributed by atoms with Gasteiger partial charge in [-0.15, -0.1) is 0 Å². The van der Waals surface area contributed by atoms with Gasteiger partial charge in [0.1, 0.15) is 4.90 Å². The van der Waals surface area contributed by atoms with Gasteiger partial charge in [0.15, 0.2) is 0 Å². The van der Waals surface area contributed by atoms with Crippen LogP contribution in [0.15, 0.2) is 29.4 Å². The molecule has 0 radical (unpaired) electrons. The van der Waals surface area contributed by atoms with Gasteiger partial charge in [0.25, 0.3) is 0 Å². The molecule has 1 saturated heterocycles. The molecule has 2 heterocycles. The number of likely N-dealkylation sites (tertiary alicyclic amines) is 1. The van der Waals surface area contributed by atoms with Crippen LogP contribution in [0.25, 0.3) is 0 Å². The Hall–Kier alpha value is -1.51. The molecule has 0 aromatic carbocycles. The van der Waals surface area contributed by atoms with E-state index >= 15 is 0 Å². The van der Waals surface area contributed by atoms with Gasteiger partial charge in [0.2, 0.25) is 15.9 Å². The predicted octanol–water partition coefficient (Wildman–Crippen LogP) is 0.939. The maximum absolute atomic E-state index is 12.4. The lowest BCUT2D eigenvalue weighted by Gasteiger charge is -2.33. The molecule has 2 rings (SSSR count). The Morgan fingerprint density at radius 3 is 2.64 bits per heavy atom. The predicted molar refractivity (Wildman–Crippen MR) is 96.5 cm³/mol. The summed E-state index contributed by atoms with van der Waals surface area (Å²) < 4.78 is 25.9. The maximum Gasteiger partial charge on any atom is 0.244 e. The second-order valence-corrected chi connectivity index (χ2v) is 9.03. The highest BCUT2D eigenvalue weighted by Gasteiger charge is 2.25. The monoisotopic (exact) mass is 368 g/mol. The number of piperidine rings is 1. The Morgan fingerprint density at radius 2 is 2.08 bits per heavy atom. The number of aromatic nitrogens is 1. The van der Waals surface area contributed by atoms with E-state index in [1.807, 2.05) is 0 Å². The van der Waals surface area contributed by atoms with Gasteiger partial charge in [-0.1, -0.05) is 13.8 Å². The molecule has 1 aliphatic rings. The quantitative estimate of drug-likeness (QED) is 0.774. The third-order valence-electron chi connectivity index (χ3n) is 4.28. The van der Waals surface area contributed by atoms with Crippen LogP contribution in [-0.2, 0) is 14.8 Å². The molecule has 0 aliphatic carbocycles. The summed E-state index contributed by atoms with van der Waals surface area (Å²) in [6.07, 6.45) is 4.60. The Bertz CT molecular complexity index is 656. The number of pyridine rings is 1. The number of likely N-dealkylation sites (N-methyl/N-ethyl adjacent to an activating group) is 1. The average molecular weight is 369 g/mol. The van der Waals surface area contributed by atoms with E-state index in [0.717, 1.165) is 36.8 Å². The summed E-state index contributed by atoms with van der Waals surface area (Å²) in [6.45, 7) is 7.22. The molecular weight excluding hydrogens is 340 g/mol. The molecule has 1 fully saturated rings. The van der Waals surface area contributed by atoms with Gasteiger partial charge in [-0.2, -0.15) is 4.31 Å². The first kappa shape index (κ1) is 19.8. The van der Waals surface area contributed by atoms with Gasteiger partial charge in [-0.25, -0.2) is 8.42 Å². The van der Waals surface area contributed by atoms with E-state index in [9.17, 15) is 13.2 Å². The van der Waals surface area contributed by atoms with Crippen LogP contribution in [0.5, 0.6) is 0 Å². The first-order valence-electron chi connectivity index (χ1n) is 8.67. The third kappa shape index (κ3) is 5.76. The number of nitrogens with one attached hydrogen (secondary N) is 1.